The van der Waals surface area contributed by atoms with E-state index in [2.05, 4.69) is 11.6 Å². The van der Waals surface area contributed by atoms with Crippen LogP contribution in [0.2, 0.25) is 0 Å². The van der Waals surface area contributed by atoms with Gasteiger partial charge in [0.15, 0.2) is 17.2 Å². The van der Waals surface area contributed by atoms with Gasteiger partial charge in [0.25, 0.3) is 0 Å². The van der Waals surface area contributed by atoms with Crippen LogP contribution >= 0.6 is 0 Å². The summed E-state index contributed by atoms with van der Waals surface area (Å²) in [7, 11) is 0. The summed E-state index contributed by atoms with van der Waals surface area (Å²) in [5.74, 6) is 1.07. The molecule has 2 aromatic rings. The Balaban J connectivity index is 1.87. The number of hydrogen-bond acceptors (Lipinski definition) is 5. The van der Waals surface area contributed by atoms with E-state index < -0.39 is 5.97 Å². The van der Waals surface area contributed by atoms with Gasteiger partial charge in [0, 0.05) is 5.56 Å². The number of esters is 1. The normalized spacial score (nSPS) is 14.6. The monoisotopic (exact) mass is 377 g/mol. The lowest BCUT2D eigenvalue weighted by atomic mass is 10.1. The maximum atomic E-state index is 12.2. The van der Waals surface area contributed by atoms with Gasteiger partial charge in [-0.3, -0.25) is 0 Å². The Morgan fingerprint density at radius 3 is 2.57 bits per heavy atom. The average molecular weight is 377 g/mol. The highest BCUT2D eigenvalue weighted by Crippen LogP contribution is 2.30. The summed E-state index contributed by atoms with van der Waals surface area (Å²) in [6.07, 6.45) is 1.68. The van der Waals surface area contributed by atoms with Crippen molar-refractivity contribution < 1.29 is 19.0 Å². The summed E-state index contributed by atoms with van der Waals surface area (Å²) in [6.45, 7) is 10.5. The molecule has 1 heterocycles. The zero-order valence-corrected chi connectivity index (χ0v) is 16.3. The molecule has 0 radical (unpaired) electrons. The van der Waals surface area contributed by atoms with Gasteiger partial charge in [-0.2, -0.15) is 0 Å². The predicted molar refractivity (Wildman–Crippen MR) is 110 cm³/mol. The number of nitrogens with zero attached hydrogens (tertiary/aromatic N) is 1. The summed E-state index contributed by atoms with van der Waals surface area (Å²) >= 11 is 0. The molecule has 0 amide bonds. The summed E-state index contributed by atoms with van der Waals surface area (Å²) in [5.41, 5.74) is 3.82. The lowest BCUT2D eigenvalue weighted by Gasteiger charge is -2.12. The number of benzene rings is 2. The summed E-state index contributed by atoms with van der Waals surface area (Å²) < 4.78 is 16.7. The molecule has 0 saturated carbocycles. The van der Waals surface area contributed by atoms with Crippen molar-refractivity contribution in [3.05, 3.63) is 77.0 Å². The molecule has 0 N–H and O–H groups in total. The highest BCUT2D eigenvalue weighted by Gasteiger charge is 2.24. The molecular formula is C23H23NO4. The van der Waals surface area contributed by atoms with E-state index in [1.165, 1.54) is 0 Å². The number of rotatable bonds is 7. The molecule has 1 aliphatic heterocycles. The number of carbonyl (C=O) groups excluding carboxylic acids is 1. The number of aliphatic imine (C=N–C) groups is 1. The second-order valence-electron chi connectivity index (χ2n) is 6.59. The quantitative estimate of drug-likeness (QED) is 0.399. The van der Waals surface area contributed by atoms with Crippen LogP contribution in [0.25, 0.3) is 6.08 Å². The minimum Gasteiger partial charge on any atom is -0.490 e. The third-order valence-corrected chi connectivity index (χ3v) is 3.96. The molecule has 2 aromatic carbocycles. The van der Waals surface area contributed by atoms with Crippen molar-refractivity contribution in [2.45, 2.75) is 20.8 Å². The molecule has 0 bridgehead atoms. The van der Waals surface area contributed by atoms with Crippen molar-refractivity contribution in [2.75, 3.05) is 13.2 Å². The van der Waals surface area contributed by atoms with Crippen molar-refractivity contribution in [2.24, 2.45) is 4.99 Å². The minimum absolute atomic E-state index is 0.244. The van der Waals surface area contributed by atoms with Crippen molar-refractivity contribution in [3.63, 3.8) is 0 Å². The third-order valence-electron chi connectivity index (χ3n) is 3.96. The van der Waals surface area contributed by atoms with Crippen molar-refractivity contribution in [1.29, 1.82) is 0 Å². The van der Waals surface area contributed by atoms with Crippen LogP contribution in [0.1, 0.15) is 30.5 Å². The van der Waals surface area contributed by atoms with Gasteiger partial charge in [0.2, 0.25) is 5.90 Å². The topological polar surface area (TPSA) is 57.1 Å². The van der Waals surface area contributed by atoms with E-state index in [0.29, 0.717) is 30.6 Å². The number of carbonyl (C=O) groups is 1. The van der Waals surface area contributed by atoms with Gasteiger partial charge in [-0.15, -0.1) is 0 Å². The molecule has 0 aliphatic carbocycles. The van der Waals surface area contributed by atoms with Crippen molar-refractivity contribution >= 4 is 17.9 Å². The van der Waals surface area contributed by atoms with Crippen LogP contribution in [-0.4, -0.2) is 25.1 Å². The maximum absolute atomic E-state index is 12.2. The lowest BCUT2D eigenvalue weighted by Crippen LogP contribution is -2.05. The van der Waals surface area contributed by atoms with E-state index in [0.717, 1.165) is 22.3 Å². The first-order chi connectivity index (χ1) is 13.5. The fraction of sp³-hybridized carbons (Fsp3) is 0.217. The zero-order valence-electron chi connectivity index (χ0n) is 16.3. The first-order valence-electron chi connectivity index (χ1n) is 9.10. The smallest absolute Gasteiger partial charge is 0.363 e. The van der Waals surface area contributed by atoms with Crippen LogP contribution in [0.5, 0.6) is 11.5 Å². The molecule has 5 nitrogen and oxygen atoms in total. The van der Waals surface area contributed by atoms with E-state index in [1.807, 2.05) is 63.2 Å². The molecule has 0 atom stereocenters. The zero-order chi connectivity index (χ0) is 20.1. The second-order valence-corrected chi connectivity index (χ2v) is 6.59. The molecule has 0 aromatic heterocycles. The first-order valence-corrected chi connectivity index (χ1v) is 9.10. The van der Waals surface area contributed by atoms with Crippen LogP contribution in [0.3, 0.4) is 0 Å². The standard InChI is InChI=1S/C23H23NO4/c1-5-26-21-13-17(8-11-20(21)27-14-15(2)3)12-19-23(25)28-22(24-19)18-9-6-16(4)7-10-18/h6-13H,2,5,14H2,1,3-4H3/b19-12-. The summed E-state index contributed by atoms with van der Waals surface area (Å²) in [5, 5.41) is 0. The third kappa shape index (κ3) is 4.68. The van der Waals surface area contributed by atoms with Crippen LogP contribution in [0.4, 0.5) is 0 Å². The SMILES string of the molecule is C=C(C)COc1ccc(/C=C2\N=C(c3ccc(C)cc3)OC2=O)cc1OCC. The number of cyclic esters (lactones) is 1. The van der Waals surface area contributed by atoms with Gasteiger partial charge in [0.05, 0.1) is 6.61 Å². The lowest BCUT2D eigenvalue weighted by molar-refractivity contribution is -0.129. The molecule has 3 rings (SSSR count). The van der Waals surface area contributed by atoms with E-state index >= 15 is 0 Å². The number of hydrogen-bond donors (Lipinski definition) is 0. The minimum atomic E-state index is -0.476. The molecule has 28 heavy (non-hydrogen) atoms. The Kier molecular flexibility index (Phi) is 5.94. The van der Waals surface area contributed by atoms with Crippen LogP contribution in [0.15, 0.2) is 65.3 Å². The Labute approximate surface area is 165 Å². The van der Waals surface area contributed by atoms with E-state index in [-0.39, 0.29) is 5.70 Å². The highest BCUT2D eigenvalue weighted by molar-refractivity contribution is 6.12. The molecule has 0 fully saturated rings. The van der Waals surface area contributed by atoms with Gasteiger partial charge in [-0.1, -0.05) is 30.3 Å². The van der Waals surface area contributed by atoms with Gasteiger partial charge in [-0.05, 0) is 62.2 Å². The maximum Gasteiger partial charge on any atom is 0.363 e. The summed E-state index contributed by atoms with van der Waals surface area (Å²) in [6, 6.07) is 13.1. The van der Waals surface area contributed by atoms with Crippen molar-refractivity contribution in [1.82, 2.24) is 0 Å². The Morgan fingerprint density at radius 2 is 1.89 bits per heavy atom. The fourth-order valence-electron chi connectivity index (χ4n) is 2.59. The van der Waals surface area contributed by atoms with E-state index in [1.54, 1.807) is 6.08 Å². The number of aryl methyl sites for hydroxylation is 1. The molecular weight excluding hydrogens is 354 g/mol. The molecule has 0 spiro atoms. The average Bonchev–Trinajstić information content (AvgIpc) is 3.02. The van der Waals surface area contributed by atoms with Gasteiger partial charge >= 0.3 is 5.97 Å². The fourth-order valence-corrected chi connectivity index (χ4v) is 2.59. The first kappa shape index (κ1) is 19.4. The number of ether oxygens (including phenoxy) is 3. The Hall–Kier alpha value is -3.34. The van der Waals surface area contributed by atoms with Crippen molar-refractivity contribution in [3.8, 4) is 11.5 Å². The van der Waals surface area contributed by atoms with Crippen LogP contribution in [-0.2, 0) is 9.53 Å². The van der Waals surface area contributed by atoms with Gasteiger partial charge < -0.3 is 14.2 Å². The second kappa shape index (κ2) is 8.57. The molecule has 1 aliphatic rings. The van der Waals surface area contributed by atoms with Crippen LogP contribution in [0, 0.1) is 6.92 Å². The Morgan fingerprint density at radius 1 is 1.14 bits per heavy atom. The highest BCUT2D eigenvalue weighted by atomic mass is 16.6. The molecule has 144 valence electrons. The largest absolute Gasteiger partial charge is 0.490 e. The van der Waals surface area contributed by atoms with Gasteiger partial charge in [0.1, 0.15) is 6.61 Å². The van der Waals surface area contributed by atoms with Crippen LogP contribution < -0.4 is 9.47 Å². The Bertz CT molecular complexity index is 955. The van der Waals surface area contributed by atoms with E-state index in [9.17, 15) is 4.79 Å². The summed E-state index contributed by atoms with van der Waals surface area (Å²) in [4.78, 5) is 16.6. The van der Waals surface area contributed by atoms with E-state index in [4.69, 9.17) is 14.2 Å². The predicted octanol–water partition coefficient (Wildman–Crippen LogP) is 4.69. The molecule has 5 heteroatoms. The molecule has 0 unspecified atom stereocenters. The van der Waals surface area contributed by atoms with Gasteiger partial charge in [-0.25, -0.2) is 9.79 Å². The molecule has 0 saturated heterocycles.